The number of hydrogen-bond acceptors (Lipinski definition) is 16. The average Bonchev–Trinajstić information content (AvgIpc) is 1.70. The molecule has 24 heteroatoms. The number of aromatic nitrogens is 12. The molecule has 0 bridgehead atoms. The molecule has 12 heterocycles. The Morgan fingerprint density at radius 1 is 0.467 bits per heavy atom. The van der Waals surface area contributed by atoms with Crippen molar-refractivity contribution >= 4 is 76.9 Å². The SMILES string of the molecule is C[C@@H]1N(c2scc[n+]2C)C=CN1C(C)(C)c1nc2ccccc2n1C.C[C@@H]1N(c2scc[n+]2C)C=CN1C(C)(C)c1nccn1C.Cc1cc(C(C)(C)N2C=CN(c3scc[n+]3C)[C@H]2C)n(C)n1.Cc1ncc(C(C)(C)N2C=CN(c3scc[n+]3C)[C@H]2C)n1C. The topological polar surface area (TPSA) is 113 Å². The van der Waals surface area contributed by atoms with Crippen molar-refractivity contribution in [2.75, 3.05) is 19.6 Å². The van der Waals surface area contributed by atoms with Crippen molar-refractivity contribution in [3.05, 3.63) is 179 Å². The van der Waals surface area contributed by atoms with Crippen LogP contribution in [0.1, 0.15) is 118 Å². The molecule has 0 N–H and O–H groups in total. The Morgan fingerprint density at radius 2 is 0.856 bits per heavy atom. The molecule has 1 aromatic carbocycles. The van der Waals surface area contributed by atoms with Crippen LogP contribution >= 0.6 is 45.3 Å². The lowest BCUT2D eigenvalue weighted by Crippen LogP contribution is -2.49. The Hall–Kier alpha value is -7.80. The van der Waals surface area contributed by atoms with Gasteiger partial charge in [0.25, 0.3) is 0 Å². The third-order valence-corrected chi connectivity index (χ3v) is 22.3. The number of para-hydroxylation sites is 2. The van der Waals surface area contributed by atoms with Crippen molar-refractivity contribution in [3.63, 3.8) is 0 Å². The molecular formula is C66H94N20S4+4. The number of hydrogen-bond donors (Lipinski definition) is 0. The van der Waals surface area contributed by atoms with Crippen molar-refractivity contribution in [3.8, 4) is 0 Å². The minimum Gasteiger partial charge on any atom is -0.336 e. The quantitative estimate of drug-likeness (QED) is 0.109. The van der Waals surface area contributed by atoms with E-state index in [-0.39, 0.29) is 46.8 Å². The molecule has 90 heavy (non-hydrogen) atoms. The summed E-state index contributed by atoms with van der Waals surface area (Å²) in [5.41, 5.74) is 5.06. The number of imidazole rings is 3. The van der Waals surface area contributed by atoms with E-state index in [0.29, 0.717) is 0 Å². The Morgan fingerprint density at radius 3 is 1.19 bits per heavy atom. The number of anilines is 4. The fourth-order valence-electron chi connectivity index (χ4n) is 13.3. The van der Waals surface area contributed by atoms with Gasteiger partial charge in [0.05, 0.1) is 84.7 Å². The van der Waals surface area contributed by atoms with Gasteiger partial charge in [-0.25, -0.2) is 52.8 Å². The lowest BCUT2D eigenvalue weighted by Gasteiger charge is -2.38. The zero-order valence-corrected chi connectivity index (χ0v) is 60.0. The second-order valence-corrected chi connectivity index (χ2v) is 29.3. The molecular weight excluding hydrogens is 1200 g/mol. The maximum Gasteiger partial charge on any atom is 0.342 e. The predicted octanol–water partition coefficient (Wildman–Crippen LogP) is 10.5. The van der Waals surface area contributed by atoms with Gasteiger partial charge >= 0.3 is 20.5 Å². The van der Waals surface area contributed by atoms with Crippen LogP contribution in [-0.4, -0.2) is 82.7 Å². The molecule has 4 aliphatic rings. The number of aryl methyl sites for hydroxylation is 9. The highest BCUT2D eigenvalue weighted by Crippen LogP contribution is 2.40. The minimum atomic E-state index is -0.228. The summed E-state index contributed by atoms with van der Waals surface area (Å²) in [6.45, 7) is 31.0. The molecule has 0 spiro atoms. The number of rotatable bonds is 12. The molecule has 0 amide bonds. The number of thiazole rings is 4. The first kappa shape index (κ1) is 65.2. The van der Waals surface area contributed by atoms with Crippen LogP contribution in [0, 0.1) is 13.8 Å². The summed E-state index contributed by atoms with van der Waals surface area (Å²) in [6.07, 6.45) is 32.6. The summed E-state index contributed by atoms with van der Waals surface area (Å²) < 4.78 is 17.1. The second kappa shape index (κ2) is 25.1. The Kier molecular flexibility index (Phi) is 18.2. The fraction of sp³-hybridized carbons (Fsp3) is 0.455. The minimum absolute atomic E-state index is 0.128. The zero-order valence-electron chi connectivity index (χ0n) is 56.7. The van der Waals surface area contributed by atoms with Gasteiger partial charge in [-0.2, -0.15) is 5.10 Å². The molecule has 0 fully saturated rings. The summed E-state index contributed by atoms with van der Waals surface area (Å²) in [5.74, 6) is 3.18. The lowest BCUT2D eigenvalue weighted by molar-refractivity contribution is -0.654. The van der Waals surface area contributed by atoms with Gasteiger partial charge in [-0.1, -0.05) is 57.5 Å². The van der Waals surface area contributed by atoms with Gasteiger partial charge in [0.1, 0.15) is 67.1 Å². The summed E-state index contributed by atoms with van der Waals surface area (Å²) in [6, 6.07) is 10.5. The molecule has 13 rings (SSSR count). The van der Waals surface area contributed by atoms with Crippen LogP contribution < -0.4 is 37.9 Å². The summed E-state index contributed by atoms with van der Waals surface area (Å²) in [4.78, 5) is 32.7. The summed E-state index contributed by atoms with van der Waals surface area (Å²) in [5, 5.41) is 17.9. The van der Waals surface area contributed by atoms with Crippen LogP contribution in [0.2, 0.25) is 0 Å². The maximum absolute atomic E-state index is 4.93. The predicted molar refractivity (Wildman–Crippen MR) is 366 cm³/mol. The van der Waals surface area contributed by atoms with Crippen LogP contribution in [0.25, 0.3) is 11.0 Å². The van der Waals surface area contributed by atoms with Gasteiger partial charge in [0.2, 0.25) is 0 Å². The highest BCUT2D eigenvalue weighted by Gasteiger charge is 2.46. The monoisotopic (exact) mass is 1290 g/mol. The molecule has 4 atom stereocenters. The Balaban J connectivity index is 0.000000132. The van der Waals surface area contributed by atoms with Gasteiger partial charge in [-0.15, -0.1) is 0 Å². The van der Waals surface area contributed by atoms with Crippen molar-refractivity contribution < 1.29 is 18.3 Å². The lowest BCUT2D eigenvalue weighted by atomic mass is 9.97. The van der Waals surface area contributed by atoms with Crippen LogP contribution in [0.3, 0.4) is 0 Å². The van der Waals surface area contributed by atoms with E-state index in [2.05, 4.69) is 332 Å². The highest BCUT2D eigenvalue weighted by atomic mass is 32.1. The molecule has 4 aliphatic heterocycles. The number of fused-ring (bicyclic) bond motifs is 1. The third kappa shape index (κ3) is 11.8. The largest absolute Gasteiger partial charge is 0.342 e. The van der Waals surface area contributed by atoms with E-state index in [9.17, 15) is 0 Å². The fourth-order valence-corrected chi connectivity index (χ4v) is 17.0. The molecule has 8 aromatic heterocycles. The first-order valence-corrected chi connectivity index (χ1v) is 34.1. The number of benzene rings is 1. The van der Waals surface area contributed by atoms with Crippen LogP contribution in [0.4, 0.5) is 20.5 Å². The third-order valence-electron chi connectivity index (χ3n) is 18.5. The molecule has 0 aliphatic carbocycles. The molecule has 478 valence electrons. The van der Waals surface area contributed by atoms with Crippen molar-refractivity contribution in [2.24, 2.45) is 56.4 Å². The Labute approximate surface area is 548 Å². The average molecular weight is 1300 g/mol. The van der Waals surface area contributed by atoms with Crippen LogP contribution in [0.5, 0.6) is 0 Å². The zero-order chi connectivity index (χ0) is 65.1. The molecule has 20 nitrogen and oxygen atoms in total. The maximum atomic E-state index is 4.93. The van der Waals surface area contributed by atoms with E-state index in [1.165, 1.54) is 37.4 Å². The van der Waals surface area contributed by atoms with Crippen LogP contribution in [0.15, 0.2) is 145 Å². The van der Waals surface area contributed by atoms with E-state index in [1.807, 2.05) is 57.3 Å². The van der Waals surface area contributed by atoms with Gasteiger partial charge < -0.3 is 33.3 Å². The second-order valence-electron chi connectivity index (χ2n) is 25.8. The normalized spacial score (nSPS) is 18.4. The van der Waals surface area contributed by atoms with Gasteiger partial charge in [-0.3, -0.25) is 4.68 Å². The van der Waals surface area contributed by atoms with Crippen molar-refractivity contribution in [1.82, 2.24) is 58.0 Å². The summed E-state index contributed by atoms with van der Waals surface area (Å²) >= 11 is 7.03. The molecule has 0 radical (unpaired) electrons. The Bertz CT molecular complexity index is 4000. The van der Waals surface area contributed by atoms with Gasteiger partial charge in [-0.05, 0) is 115 Å². The highest BCUT2D eigenvalue weighted by molar-refractivity contribution is 7.14. The van der Waals surface area contributed by atoms with E-state index in [1.54, 1.807) is 45.3 Å². The summed E-state index contributed by atoms with van der Waals surface area (Å²) in [7, 11) is 16.6. The molecule has 9 aromatic rings. The first-order valence-electron chi connectivity index (χ1n) is 30.6. The van der Waals surface area contributed by atoms with Crippen molar-refractivity contribution in [2.45, 2.75) is 144 Å². The molecule has 0 saturated heterocycles. The van der Waals surface area contributed by atoms with Crippen LogP contribution in [-0.2, 0) is 78.5 Å². The van der Waals surface area contributed by atoms with E-state index < -0.39 is 0 Å². The smallest absolute Gasteiger partial charge is 0.336 e. The van der Waals surface area contributed by atoms with E-state index >= 15 is 0 Å². The van der Waals surface area contributed by atoms with E-state index in [0.717, 1.165) is 28.7 Å². The van der Waals surface area contributed by atoms with Crippen molar-refractivity contribution in [1.29, 1.82) is 0 Å². The van der Waals surface area contributed by atoms with Gasteiger partial charge in [0, 0.05) is 86.9 Å². The first-order chi connectivity index (χ1) is 42.5. The number of nitrogens with zero attached hydrogens (tertiary/aromatic N) is 20. The van der Waals surface area contributed by atoms with Gasteiger partial charge in [0.15, 0.2) is 24.7 Å². The molecule has 0 unspecified atom stereocenters. The standard InChI is InChI=1S/C19H24N5S.2C16H24N5S.C15H22N5S/c1-14-23(18-21(4)12-13-25-18)10-11-24(14)19(2,3)17-20-15-8-6-7-9-16(15)22(17)5;1-12-17-11-14(19(12)6)16(3,4)21-8-7-20(13(21)2)15-18(5)9-10-22-15;1-12-11-14(19(6)17-12)16(3,4)21-8-7-20(13(21)2)15-18(5)9-10-22-15;1-12-19(14-18(5)10-11-21-14)8-9-20(12)15(2,3)13-16-6-7-17(13)4/h6-14H,1-5H3;2*7-11,13H,1-6H3;6-12H,1-5H3/q4*+1/t14-;2*13-;12-/m1111/s1. The van der Waals surface area contributed by atoms with E-state index in [4.69, 9.17) is 4.98 Å². The molecule has 0 saturated carbocycles.